The molecule has 0 radical (unpaired) electrons. The molecule has 1 aliphatic heterocycles. The Bertz CT molecular complexity index is 405. The van der Waals surface area contributed by atoms with Crippen molar-refractivity contribution in [2.24, 2.45) is 0 Å². The normalized spacial score (nSPS) is 23.8. The van der Waals surface area contributed by atoms with Crippen LogP contribution in [-0.2, 0) is 9.59 Å². The summed E-state index contributed by atoms with van der Waals surface area (Å²) in [5.74, 6) is -0.625. The number of unbranched alkanes of at least 4 members (excludes halogenated alkanes) is 1. The Morgan fingerprint density at radius 2 is 1.71 bits per heavy atom. The summed E-state index contributed by atoms with van der Waals surface area (Å²) >= 11 is 0. The van der Waals surface area contributed by atoms with Gasteiger partial charge in [0.1, 0.15) is 12.1 Å². The van der Waals surface area contributed by atoms with Crippen LogP contribution in [0.15, 0.2) is 0 Å². The fraction of sp³-hybridized carbons (Fsp3) is 0.875. The zero-order valence-electron chi connectivity index (χ0n) is 14.6. The highest BCUT2D eigenvalue weighted by Gasteiger charge is 2.32. The van der Waals surface area contributed by atoms with Crippen LogP contribution in [0.2, 0.25) is 0 Å². The molecule has 0 bridgehead atoms. The lowest BCUT2D eigenvalue weighted by Gasteiger charge is -2.29. The van der Waals surface area contributed by atoms with E-state index in [1.54, 1.807) is 6.92 Å². The summed E-state index contributed by atoms with van der Waals surface area (Å²) in [4.78, 5) is 25.5. The maximum Gasteiger partial charge on any atom is 0.245 e. The molecule has 4 unspecified atom stereocenters. The largest absolute Gasteiger partial charge is 0.394 e. The number of aliphatic hydroxyl groups is 3. The van der Waals surface area contributed by atoms with E-state index in [0.717, 1.165) is 12.8 Å². The summed E-state index contributed by atoms with van der Waals surface area (Å²) in [6, 6.07) is -1.42. The highest BCUT2D eigenvalue weighted by molar-refractivity contribution is 5.96. The standard InChI is InChI=1S/C16H31N3O5/c1-3-12(22)9-19(8-11(2)21)7-5-4-6-13-15(23)18-14(10-20)16(24)17-13/h11-14,20-22H,3-10H2,1-2H3,(H,17,24)(H,18,23). The van der Waals surface area contributed by atoms with Crippen LogP contribution in [0.25, 0.3) is 0 Å². The molecule has 0 saturated carbocycles. The SMILES string of the molecule is CCC(O)CN(CCCCC1NC(=O)C(CO)NC1=O)CC(C)O. The number of hydrogen-bond acceptors (Lipinski definition) is 6. The number of amides is 2. The van der Waals surface area contributed by atoms with Gasteiger partial charge in [0, 0.05) is 13.1 Å². The van der Waals surface area contributed by atoms with Crippen molar-refractivity contribution >= 4 is 11.8 Å². The highest BCUT2D eigenvalue weighted by atomic mass is 16.3. The number of hydrogen-bond donors (Lipinski definition) is 5. The molecule has 0 aromatic heterocycles. The maximum atomic E-state index is 11.9. The van der Waals surface area contributed by atoms with Crippen LogP contribution in [0.3, 0.4) is 0 Å². The molecule has 0 aromatic carbocycles. The summed E-state index contributed by atoms with van der Waals surface area (Å²) < 4.78 is 0. The lowest BCUT2D eigenvalue weighted by atomic mass is 10.0. The van der Waals surface area contributed by atoms with Crippen molar-refractivity contribution in [3.05, 3.63) is 0 Å². The molecular formula is C16H31N3O5. The van der Waals surface area contributed by atoms with Gasteiger partial charge in [0.15, 0.2) is 0 Å². The second-order valence-electron chi connectivity index (χ2n) is 6.47. The Kier molecular flexibility index (Phi) is 9.20. The van der Waals surface area contributed by atoms with Crippen molar-refractivity contribution in [2.45, 2.75) is 63.8 Å². The molecule has 0 aliphatic carbocycles. The number of aliphatic hydroxyl groups excluding tert-OH is 3. The molecule has 140 valence electrons. The minimum Gasteiger partial charge on any atom is -0.394 e. The van der Waals surface area contributed by atoms with E-state index in [4.69, 9.17) is 5.11 Å². The van der Waals surface area contributed by atoms with E-state index < -0.39 is 30.9 Å². The van der Waals surface area contributed by atoms with Gasteiger partial charge in [-0.3, -0.25) is 14.5 Å². The van der Waals surface area contributed by atoms with E-state index in [-0.39, 0.29) is 11.8 Å². The predicted molar refractivity (Wildman–Crippen MR) is 89.2 cm³/mol. The molecule has 8 heteroatoms. The van der Waals surface area contributed by atoms with Crippen molar-refractivity contribution in [1.29, 1.82) is 0 Å². The molecule has 5 N–H and O–H groups in total. The first kappa shape index (κ1) is 20.8. The van der Waals surface area contributed by atoms with Gasteiger partial charge in [-0.05, 0) is 39.2 Å². The van der Waals surface area contributed by atoms with E-state index in [1.165, 1.54) is 0 Å². The lowest BCUT2D eigenvalue weighted by molar-refractivity contribution is -0.137. The second kappa shape index (κ2) is 10.6. The molecule has 1 saturated heterocycles. The summed E-state index contributed by atoms with van der Waals surface area (Å²) in [6.45, 7) is 4.94. The molecular weight excluding hydrogens is 314 g/mol. The number of rotatable bonds is 11. The third kappa shape index (κ3) is 7.12. The minimum atomic E-state index is -0.856. The molecule has 24 heavy (non-hydrogen) atoms. The van der Waals surface area contributed by atoms with Crippen LogP contribution in [0, 0.1) is 0 Å². The fourth-order valence-electron chi connectivity index (χ4n) is 2.75. The summed E-state index contributed by atoms with van der Waals surface area (Å²) in [5, 5.41) is 33.4. The van der Waals surface area contributed by atoms with Gasteiger partial charge in [-0.25, -0.2) is 0 Å². The third-order valence-corrected chi connectivity index (χ3v) is 4.13. The van der Waals surface area contributed by atoms with E-state index in [9.17, 15) is 19.8 Å². The van der Waals surface area contributed by atoms with Crippen molar-refractivity contribution in [3.8, 4) is 0 Å². The molecule has 8 nitrogen and oxygen atoms in total. The van der Waals surface area contributed by atoms with Gasteiger partial charge in [-0.2, -0.15) is 0 Å². The number of nitrogens with zero attached hydrogens (tertiary/aromatic N) is 1. The average Bonchev–Trinajstić information content (AvgIpc) is 2.53. The smallest absolute Gasteiger partial charge is 0.245 e. The van der Waals surface area contributed by atoms with Crippen LogP contribution in [0.1, 0.15) is 39.5 Å². The van der Waals surface area contributed by atoms with Gasteiger partial charge < -0.3 is 26.0 Å². The minimum absolute atomic E-state index is 0.268. The predicted octanol–water partition coefficient (Wildman–Crippen LogP) is -1.41. The molecule has 1 rings (SSSR count). The highest BCUT2D eigenvalue weighted by Crippen LogP contribution is 2.08. The van der Waals surface area contributed by atoms with Crippen molar-refractivity contribution in [2.75, 3.05) is 26.2 Å². The average molecular weight is 345 g/mol. The Morgan fingerprint density at radius 1 is 1.08 bits per heavy atom. The maximum absolute atomic E-state index is 11.9. The van der Waals surface area contributed by atoms with Crippen LogP contribution < -0.4 is 10.6 Å². The van der Waals surface area contributed by atoms with Gasteiger partial charge in [0.2, 0.25) is 11.8 Å². The number of carbonyl (C=O) groups excluding carboxylic acids is 2. The zero-order chi connectivity index (χ0) is 18.1. The zero-order valence-corrected chi connectivity index (χ0v) is 14.6. The quantitative estimate of drug-likeness (QED) is 0.293. The number of carbonyl (C=O) groups is 2. The first-order valence-electron chi connectivity index (χ1n) is 8.67. The van der Waals surface area contributed by atoms with E-state index in [1.807, 2.05) is 11.8 Å². The summed E-state index contributed by atoms with van der Waals surface area (Å²) in [6.07, 6.45) is 1.84. The lowest BCUT2D eigenvalue weighted by Crippen LogP contribution is -2.62. The van der Waals surface area contributed by atoms with E-state index >= 15 is 0 Å². The van der Waals surface area contributed by atoms with Gasteiger partial charge >= 0.3 is 0 Å². The topological polar surface area (TPSA) is 122 Å². The van der Waals surface area contributed by atoms with Gasteiger partial charge in [-0.1, -0.05) is 6.92 Å². The summed E-state index contributed by atoms with van der Waals surface area (Å²) in [5.41, 5.74) is 0. The van der Waals surface area contributed by atoms with Crippen molar-refractivity contribution < 1.29 is 24.9 Å². The monoisotopic (exact) mass is 345 g/mol. The Hall–Kier alpha value is -1.22. The van der Waals surface area contributed by atoms with Gasteiger partial charge in [0.25, 0.3) is 0 Å². The van der Waals surface area contributed by atoms with Crippen molar-refractivity contribution in [1.82, 2.24) is 15.5 Å². The molecule has 1 heterocycles. The van der Waals surface area contributed by atoms with Crippen LogP contribution in [0.5, 0.6) is 0 Å². The number of piperazine rings is 1. The first-order chi connectivity index (χ1) is 11.4. The Balaban J connectivity index is 2.34. The third-order valence-electron chi connectivity index (χ3n) is 4.13. The Morgan fingerprint density at radius 3 is 2.29 bits per heavy atom. The molecule has 1 aliphatic rings. The van der Waals surface area contributed by atoms with E-state index in [0.29, 0.717) is 32.5 Å². The molecule has 0 spiro atoms. The Labute approximate surface area is 143 Å². The van der Waals surface area contributed by atoms with E-state index in [2.05, 4.69) is 10.6 Å². The van der Waals surface area contributed by atoms with Crippen LogP contribution in [0.4, 0.5) is 0 Å². The van der Waals surface area contributed by atoms with Crippen LogP contribution >= 0.6 is 0 Å². The van der Waals surface area contributed by atoms with Gasteiger partial charge in [-0.15, -0.1) is 0 Å². The molecule has 4 atom stereocenters. The van der Waals surface area contributed by atoms with Crippen molar-refractivity contribution in [3.63, 3.8) is 0 Å². The summed E-state index contributed by atoms with van der Waals surface area (Å²) in [7, 11) is 0. The molecule has 1 fully saturated rings. The van der Waals surface area contributed by atoms with Gasteiger partial charge in [0.05, 0.1) is 18.8 Å². The molecule has 2 amide bonds. The molecule has 0 aromatic rings. The number of nitrogens with one attached hydrogen (secondary N) is 2. The van der Waals surface area contributed by atoms with Crippen LogP contribution in [-0.4, -0.2) is 82.6 Å². The fourth-order valence-corrected chi connectivity index (χ4v) is 2.75. The second-order valence-corrected chi connectivity index (χ2v) is 6.47. The first-order valence-corrected chi connectivity index (χ1v) is 8.67.